The highest BCUT2D eigenvalue weighted by molar-refractivity contribution is 4.89. The molecule has 2 heterocycles. The minimum absolute atomic E-state index is 0.596. The van der Waals surface area contributed by atoms with Crippen LogP contribution in [0, 0.1) is 5.92 Å². The van der Waals surface area contributed by atoms with Gasteiger partial charge in [0.1, 0.15) is 0 Å². The summed E-state index contributed by atoms with van der Waals surface area (Å²) >= 11 is 0. The molecular weight excluding hydrogens is 264 g/mol. The van der Waals surface area contributed by atoms with Gasteiger partial charge in [-0.25, -0.2) is 0 Å². The third-order valence-electron chi connectivity index (χ3n) is 4.00. The van der Waals surface area contributed by atoms with E-state index in [0.717, 1.165) is 50.7 Å². The van der Waals surface area contributed by atoms with Crippen LogP contribution in [0.15, 0.2) is 4.52 Å². The van der Waals surface area contributed by atoms with Crippen LogP contribution in [-0.4, -0.2) is 40.7 Å². The third kappa shape index (κ3) is 5.40. The quantitative estimate of drug-likeness (QED) is 0.799. The molecule has 0 aromatic carbocycles. The van der Waals surface area contributed by atoms with Crippen molar-refractivity contribution in [2.45, 2.75) is 65.5 Å². The van der Waals surface area contributed by atoms with Crippen LogP contribution in [0.5, 0.6) is 0 Å². The molecule has 0 spiro atoms. The van der Waals surface area contributed by atoms with Gasteiger partial charge >= 0.3 is 0 Å². The average Bonchev–Trinajstić information content (AvgIpc) is 2.88. The van der Waals surface area contributed by atoms with Gasteiger partial charge in [-0.3, -0.25) is 4.90 Å². The summed E-state index contributed by atoms with van der Waals surface area (Å²) in [6.07, 6.45) is 5.83. The van der Waals surface area contributed by atoms with Gasteiger partial charge in [0.15, 0.2) is 5.82 Å². The van der Waals surface area contributed by atoms with Crippen molar-refractivity contribution >= 4 is 0 Å². The number of rotatable bonds is 8. The highest BCUT2D eigenvalue weighted by atomic mass is 16.5. The van der Waals surface area contributed by atoms with Gasteiger partial charge in [-0.1, -0.05) is 32.3 Å². The van der Waals surface area contributed by atoms with Gasteiger partial charge < -0.3 is 9.84 Å². The molecule has 21 heavy (non-hydrogen) atoms. The van der Waals surface area contributed by atoms with Crippen molar-refractivity contribution in [2.75, 3.05) is 19.6 Å². The topological polar surface area (TPSA) is 54.2 Å². The Hall–Kier alpha value is -0.940. The summed E-state index contributed by atoms with van der Waals surface area (Å²) < 4.78 is 5.39. The summed E-state index contributed by atoms with van der Waals surface area (Å²) in [5.41, 5.74) is 0. The summed E-state index contributed by atoms with van der Waals surface area (Å²) in [5, 5.41) is 7.64. The van der Waals surface area contributed by atoms with Crippen molar-refractivity contribution in [3.05, 3.63) is 11.7 Å². The van der Waals surface area contributed by atoms with Crippen LogP contribution < -0.4 is 5.32 Å². The zero-order valence-electron chi connectivity index (χ0n) is 13.8. The van der Waals surface area contributed by atoms with Crippen LogP contribution >= 0.6 is 0 Å². The Morgan fingerprint density at radius 2 is 2.24 bits per heavy atom. The molecule has 0 bridgehead atoms. The summed E-state index contributed by atoms with van der Waals surface area (Å²) in [6.45, 7) is 10.7. The van der Waals surface area contributed by atoms with E-state index < -0.39 is 0 Å². The molecule has 2 rings (SSSR count). The highest BCUT2D eigenvalue weighted by Crippen LogP contribution is 2.19. The fourth-order valence-corrected chi connectivity index (χ4v) is 2.89. The normalized spacial score (nSPS) is 20.3. The second-order valence-electron chi connectivity index (χ2n) is 6.53. The predicted octanol–water partition coefficient (Wildman–Crippen LogP) is 2.62. The molecule has 1 fully saturated rings. The van der Waals surface area contributed by atoms with Crippen LogP contribution in [0.1, 0.15) is 58.2 Å². The van der Waals surface area contributed by atoms with Gasteiger partial charge in [0.2, 0.25) is 5.89 Å². The lowest BCUT2D eigenvalue weighted by Crippen LogP contribution is -2.45. The van der Waals surface area contributed by atoms with Gasteiger partial charge in [-0.15, -0.1) is 0 Å². The summed E-state index contributed by atoms with van der Waals surface area (Å²) in [6, 6.07) is 0.596. The van der Waals surface area contributed by atoms with E-state index in [1.807, 2.05) is 0 Å². The largest absolute Gasteiger partial charge is 0.338 e. The highest BCUT2D eigenvalue weighted by Gasteiger charge is 2.24. The van der Waals surface area contributed by atoms with E-state index in [4.69, 9.17) is 4.52 Å². The monoisotopic (exact) mass is 294 g/mol. The van der Waals surface area contributed by atoms with E-state index in [1.54, 1.807) is 0 Å². The van der Waals surface area contributed by atoms with Gasteiger partial charge in [0, 0.05) is 19.0 Å². The van der Waals surface area contributed by atoms with Crippen molar-refractivity contribution in [1.29, 1.82) is 0 Å². The molecule has 0 radical (unpaired) electrons. The third-order valence-corrected chi connectivity index (χ3v) is 4.00. The first-order valence-electron chi connectivity index (χ1n) is 8.45. The van der Waals surface area contributed by atoms with Crippen LogP contribution in [0.3, 0.4) is 0 Å². The summed E-state index contributed by atoms with van der Waals surface area (Å²) in [7, 11) is 0. The zero-order valence-corrected chi connectivity index (χ0v) is 13.8. The molecule has 0 saturated carbocycles. The molecule has 5 nitrogen and oxygen atoms in total. The Labute approximate surface area is 128 Å². The van der Waals surface area contributed by atoms with E-state index in [0.29, 0.717) is 12.0 Å². The van der Waals surface area contributed by atoms with Crippen LogP contribution in [-0.2, 0) is 13.0 Å². The maximum atomic E-state index is 5.39. The number of aromatic nitrogens is 2. The zero-order chi connectivity index (χ0) is 15.1. The minimum atomic E-state index is 0.596. The van der Waals surface area contributed by atoms with Crippen molar-refractivity contribution in [3.8, 4) is 0 Å². The molecule has 1 aromatic rings. The molecule has 1 unspecified atom stereocenters. The number of hydrogen-bond donors (Lipinski definition) is 1. The minimum Gasteiger partial charge on any atom is -0.338 e. The maximum absolute atomic E-state index is 5.39. The van der Waals surface area contributed by atoms with Gasteiger partial charge in [0.25, 0.3) is 0 Å². The van der Waals surface area contributed by atoms with Gasteiger partial charge in [-0.2, -0.15) is 4.98 Å². The first kappa shape index (κ1) is 16.4. The number of hydrogen-bond acceptors (Lipinski definition) is 5. The van der Waals surface area contributed by atoms with Crippen molar-refractivity contribution < 1.29 is 4.52 Å². The SMILES string of the molecule is CCCc1noc(CN2CCCCC2CNCC(C)C)n1. The fraction of sp³-hybridized carbons (Fsp3) is 0.875. The molecular formula is C16H30N4O. The van der Waals surface area contributed by atoms with E-state index in [2.05, 4.69) is 41.1 Å². The number of aryl methyl sites for hydroxylation is 1. The molecule has 1 aromatic heterocycles. The molecule has 1 aliphatic rings. The molecule has 0 amide bonds. The van der Waals surface area contributed by atoms with Gasteiger partial charge in [0.05, 0.1) is 6.54 Å². The standard InChI is InChI=1S/C16H30N4O/c1-4-7-15-18-16(21-19-15)12-20-9-6-5-8-14(20)11-17-10-13(2)3/h13-14,17H,4-12H2,1-3H3. The van der Waals surface area contributed by atoms with Crippen molar-refractivity contribution in [2.24, 2.45) is 5.92 Å². The van der Waals surface area contributed by atoms with Crippen LogP contribution in [0.2, 0.25) is 0 Å². The van der Waals surface area contributed by atoms with E-state index in [9.17, 15) is 0 Å². The average molecular weight is 294 g/mol. The Morgan fingerprint density at radius 1 is 1.38 bits per heavy atom. The predicted molar refractivity (Wildman–Crippen MR) is 84.0 cm³/mol. The fourth-order valence-electron chi connectivity index (χ4n) is 2.89. The first-order valence-corrected chi connectivity index (χ1v) is 8.45. The van der Waals surface area contributed by atoms with E-state index >= 15 is 0 Å². The van der Waals surface area contributed by atoms with Crippen LogP contribution in [0.25, 0.3) is 0 Å². The Kier molecular flexibility index (Phi) is 6.64. The Bertz CT molecular complexity index is 405. The summed E-state index contributed by atoms with van der Waals surface area (Å²) in [5.74, 6) is 2.32. The van der Waals surface area contributed by atoms with Gasteiger partial charge in [-0.05, 0) is 38.3 Å². The molecule has 1 N–H and O–H groups in total. The number of piperidine rings is 1. The number of nitrogens with zero attached hydrogens (tertiary/aromatic N) is 3. The molecule has 0 aliphatic carbocycles. The van der Waals surface area contributed by atoms with E-state index in [-0.39, 0.29) is 0 Å². The lowest BCUT2D eigenvalue weighted by Gasteiger charge is -2.35. The van der Waals surface area contributed by atoms with Crippen LogP contribution in [0.4, 0.5) is 0 Å². The van der Waals surface area contributed by atoms with E-state index in [1.165, 1.54) is 19.3 Å². The first-order chi connectivity index (χ1) is 10.2. The molecule has 1 atom stereocenters. The lowest BCUT2D eigenvalue weighted by atomic mass is 10.0. The second kappa shape index (κ2) is 8.49. The Morgan fingerprint density at radius 3 is 3.00 bits per heavy atom. The molecule has 1 saturated heterocycles. The van der Waals surface area contributed by atoms with Crippen molar-refractivity contribution in [3.63, 3.8) is 0 Å². The second-order valence-corrected chi connectivity index (χ2v) is 6.53. The smallest absolute Gasteiger partial charge is 0.240 e. The number of likely N-dealkylation sites (tertiary alicyclic amines) is 1. The maximum Gasteiger partial charge on any atom is 0.240 e. The van der Waals surface area contributed by atoms with Crippen molar-refractivity contribution in [1.82, 2.24) is 20.4 Å². The molecule has 5 heteroatoms. The molecule has 1 aliphatic heterocycles. The summed E-state index contributed by atoms with van der Waals surface area (Å²) in [4.78, 5) is 7.00. The lowest BCUT2D eigenvalue weighted by molar-refractivity contribution is 0.121. The Balaban J connectivity index is 1.85. The number of nitrogens with one attached hydrogen (secondary N) is 1. The molecule has 120 valence electrons.